The van der Waals surface area contributed by atoms with Gasteiger partial charge in [-0.3, -0.25) is 0 Å². The lowest BCUT2D eigenvalue weighted by Crippen LogP contribution is -2.84. The molecule has 0 radical (unpaired) electrons. The van der Waals surface area contributed by atoms with Crippen LogP contribution in [0.25, 0.3) is 20.9 Å². The Kier molecular flexibility index (Phi) is 9.42. The Labute approximate surface area is 76.4 Å². The van der Waals surface area contributed by atoms with Crippen molar-refractivity contribution >= 4 is 0 Å². The van der Waals surface area contributed by atoms with Gasteiger partial charge in [-0.05, 0) is 11.1 Å². The summed E-state index contributed by atoms with van der Waals surface area (Å²) < 4.78 is 0. The third-order valence-electron chi connectivity index (χ3n) is 1.46. The molecule has 0 heterocycles. The zero-order valence-corrected chi connectivity index (χ0v) is 7.50. The third kappa shape index (κ3) is 10.6. The molecule has 0 aliphatic rings. The zero-order chi connectivity index (χ0) is 9.78. The van der Waals surface area contributed by atoms with E-state index in [1.165, 1.54) is 0 Å². The Hall–Kier alpha value is -1.42. The molecule has 2 N–H and O–H groups in total. The lowest BCUT2D eigenvalue weighted by Gasteiger charge is -1.97. The zero-order valence-electron chi connectivity index (χ0n) is 7.50. The molecule has 0 amide bonds. The van der Waals surface area contributed by atoms with Crippen molar-refractivity contribution in [1.82, 2.24) is 0 Å². The molecule has 0 aromatic carbocycles. The fourth-order valence-electron chi connectivity index (χ4n) is 0.846. The van der Waals surface area contributed by atoms with Gasteiger partial charge in [0.2, 0.25) is 0 Å². The van der Waals surface area contributed by atoms with Gasteiger partial charge in [0.25, 0.3) is 0 Å². The highest BCUT2D eigenvalue weighted by Crippen LogP contribution is 1.77. The van der Waals surface area contributed by atoms with Crippen molar-refractivity contribution in [3.63, 3.8) is 0 Å². The molecule has 0 aromatic rings. The van der Waals surface area contributed by atoms with Crippen LogP contribution in [0.15, 0.2) is 10.2 Å². The van der Waals surface area contributed by atoms with E-state index in [0.717, 1.165) is 25.9 Å². The number of hydrogen-bond donors (Lipinski definition) is 1. The smallest absolute Gasteiger partial charge is 0.0756 e. The second-order valence-electron chi connectivity index (χ2n) is 2.48. The molecule has 0 bridgehead atoms. The summed E-state index contributed by atoms with van der Waals surface area (Å²) in [5, 5.41) is 8.95. The van der Waals surface area contributed by atoms with Crippen LogP contribution in [0.2, 0.25) is 0 Å². The summed E-state index contributed by atoms with van der Waals surface area (Å²) >= 11 is 0. The van der Waals surface area contributed by atoms with Crippen molar-refractivity contribution in [3.8, 4) is 0 Å². The quantitative estimate of drug-likeness (QED) is 0.250. The highest BCUT2D eigenvalue weighted by atomic mass is 15.1. The van der Waals surface area contributed by atoms with Crippen LogP contribution in [-0.4, -0.2) is 26.2 Å². The maximum atomic E-state index is 7.97. The van der Waals surface area contributed by atoms with E-state index in [0.29, 0.717) is 13.1 Å². The van der Waals surface area contributed by atoms with E-state index in [9.17, 15) is 0 Å². The predicted octanol–water partition coefficient (Wildman–Crippen LogP) is 0.951. The van der Waals surface area contributed by atoms with Crippen LogP contribution in [0, 0.1) is 0 Å². The van der Waals surface area contributed by atoms with Crippen molar-refractivity contribution in [1.29, 1.82) is 0 Å². The van der Waals surface area contributed by atoms with E-state index in [2.05, 4.69) is 25.4 Å². The van der Waals surface area contributed by atoms with Crippen LogP contribution in [-0.2, 0) is 0 Å². The predicted molar refractivity (Wildman–Crippen MR) is 48.9 cm³/mol. The van der Waals surface area contributed by atoms with E-state index in [-0.39, 0.29) is 0 Å². The average Bonchev–Trinajstić information content (AvgIpc) is 2.16. The van der Waals surface area contributed by atoms with Crippen LogP contribution in [0.3, 0.4) is 0 Å². The van der Waals surface area contributed by atoms with E-state index in [1.54, 1.807) is 0 Å². The van der Waals surface area contributed by atoms with Crippen LogP contribution < -0.4 is 5.32 Å². The first kappa shape index (κ1) is 11.6. The van der Waals surface area contributed by atoms with Gasteiger partial charge in [0.1, 0.15) is 0 Å². The van der Waals surface area contributed by atoms with Gasteiger partial charge in [0.05, 0.1) is 13.1 Å². The Morgan fingerprint density at radius 3 is 1.77 bits per heavy atom. The molecule has 72 valence electrons. The molecular weight excluding hydrogens is 170 g/mol. The second kappa shape index (κ2) is 10.6. The normalized spacial score (nSPS) is 8.62. The highest BCUT2D eigenvalue weighted by Gasteiger charge is 1.89. The molecule has 0 spiro atoms. The van der Waals surface area contributed by atoms with Crippen molar-refractivity contribution in [2.75, 3.05) is 26.2 Å². The first-order valence-electron chi connectivity index (χ1n) is 4.25. The summed E-state index contributed by atoms with van der Waals surface area (Å²) in [6.07, 6.45) is 1.79. The molecule has 0 unspecified atom stereocenters. The summed E-state index contributed by atoms with van der Waals surface area (Å²) in [7, 11) is 0. The Bertz CT molecular complexity index is 179. The first-order valence-corrected chi connectivity index (χ1v) is 4.25. The maximum absolute atomic E-state index is 7.97. The lowest BCUT2D eigenvalue weighted by molar-refractivity contribution is -0.654. The number of rotatable bonds is 8. The second-order valence-corrected chi connectivity index (χ2v) is 2.48. The van der Waals surface area contributed by atoms with E-state index < -0.39 is 0 Å². The molecule has 0 aromatic heterocycles. The first-order chi connectivity index (χ1) is 6.41. The van der Waals surface area contributed by atoms with E-state index in [1.807, 2.05) is 0 Å². The molecule has 0 saturated carbocycles. The van der Waals surface area contributed by atoms with Crippen molar-refractivity contribution in [2.24, 2.45) is 10.2 Å². The molecule has 7 nitrogen and oxygen atoms in total. The van der Waals surface area contributed by atoms with Crippen molar-refractivity contribution in [3.05, 3.63) is 20.9 Å². The van der Waals surface area contributed by atoms with Gasteiger partial charge in [-0.1, -0.05) is 10.2 Å². The number of azide groups is 2. The number of nitrogens with zero attached hydrogens (tertiary/aromatic N) is 6. The van der Waals surface area contributed by atoms with Gasteiger partial charge < -0.3 is 5.32 Å². The van der Waals surface area contributed by atoms with Gasteiger partial charge in [0.15, 0.2) is 0 Å². The number of hydrogen-bond acceptors (Lipinski definition) is 2. The van der Waals surface area contributed by atoms with Crippen LogP contribution in [0.5, 0.6) is 0 Å². The lowest BCUT2D eigenvalue weighted by atomic mass is 10.4. The minimum Gasteiger partial charge on any atom is -0.346 e. The topological polar surface area (TPSA) is 114 Å². The van der Waals surface area contributed by atoms with E-state index >= 15 is 0 Å². The van der Waals surface area contributed by atoms with Crippen molar-refractivity contribution in [2.45, 2.75) is 12.8 Å². The molecule has 7 heteroatoms. The fourth-order valence-corrected chi connectivity index (χ4v) is 0.846. The number of nitrogens with two attached hydrogens (primary N) is 1. The van der Waals surface area contributed by atoms with Gasteiger partial charge >= 0.3 is 0 Å². The van der Waals surface area contributed by atoms with Gasteiger partial charge in [-0.25, -0.2) is 0 Å². The Balaban J connectivity index is 2.99. The highest BCUT2D eigenvalue weighted by molar-refractivity contribution is 4.46. The summed E-state index contributed by atoms with van der Waals surface area (Å²) in [4.78, 5) is 5.30. The standard InChI is InChI=1S/C6H13N7/c7-12-10-5-1-3-9-4-2-6-11-13-8/h9H,1-6H2/p+1. The molecule has 0 aliphatic carbocycles. The summed E-state index contributed by atoms with van der Waals surface area (Å²) in [5.41, 5.74) is 15.9. The monoisotopic (exact) mass is 184 g/mol. The molecule has 0 fully saturated rings. The summed E-state index contributed by atoms with van der Waals surface area (Å²) in [6, 6.07) is 0. The minimum atomic E-state index is 0.559. The minimum absolute atomic E-state index is 0.559. The summed E-state index contributed by atoms with van der Waals surface area (Å²) in [5.74, 6) is 0. The SMILES string of the molecule is [N-]=[N+]=NCCC[NH2+]CCCN=[N+]=[N-]. The molecule has 13 heavy (non-hydrogen) atoms. The Morgan fingerprint density at radius 1 is 0.923 bits per heavy atom. The van der Waals surface area contributed by atoms with E-state index in [4.69, 9.17) is 11.1 Å². The van der Waals surface area contributed by atoms with Crippen LogP contribution in [0.4, 0.5) is 0 Å². The van der Waals surface area contributed by atoms with Gasteiger partial charge in [-0.2, -0.15) is 0 Å². The molecule has 0 rings (SSSR count). The number of quaternary nitrogens is 1. The van der Waals surface area contributed by atoms with Crippen LogP contribution in [0.1, 0.15) is 12.8 Å². The molecular formula is C6H14N7+. The average molecular weight is 184 g/mol. The Morgan fingerprint density at radius 2 is 1.38 bits per heavy atom. The van der Waals surface area contributed by atoms with Gasteiger partial charge in [0, 0.05) is 35.8 Å². The molecule has 0 saturated heterocycles. The van der Waals surface area contributed by atoms with Gasteiger partial charge in [-0.15, -0.1) is 0 Å². The van der Waals surface area contributed by atoms with Crippen molar-refractivity contribution < 1.29 is 5.32 Å². The third-order valence-corrected chi connectivity index (χ3v) is 1.46. The fraction of sp³-hybridized carbons (Fsp3) is 1.00. The van der Waals surface area contributed by atoms with Crippen LogP contribution >= 0.6 is 0 Å². The largest absolute Gasteiger partial charge is 0.346 e. The molecule has 0 atom stereocenters. The summed E-state index contributed by atoms with van der Waals surface area (Å²) in [6.45, 7) is 3.03. The molecule has 0 aliphatic heterocycles. The maximum Gasteiger partial charge on any atom is 0.0756 e.